The summed E-state index contributed by atoms with van der Waals surface area (Å²) in [5.41, 5.74) is 0.671. The summed E-state index contributed by atoms with van der Waals surface area (Å²) in [6, 6.07) is 10.2. The molecule has 0 saturated heterocycles. The molecule has 6 heteroatoms. The lowest BCUT2D eigenvalue weighted by atomic mass is 10.2. The summed E-state index contributed by atoms with van der Waals surface area (Å²) >= 11 is 6.08. The molecule has 0 aliphatic carbocycles. The van der Waals surface area contributed by atoms with Gasteiger partial charge in [0.25, 0.3) is 5.91 Å². The van der Waals surface area contributed by atoms with Crippen molar-refractivity contribution < 1.29 is 18.7 Å². The molecule has 1 aromatic carbocycles. The van der Waals surface area contributed by atoms with E-state index in [9.17, 15) is 9.59 Å². The van der Waals surface area contributed by atoms with Crippen LogP contribution in [0.25, 0.3) is 11.3 Å². The van der Waals surface area contributed by atoms with Gasteiger partial charge in [-0.1, -0.05) is 29.8 Å². The Morgan fingerprint density at radius 2 is 2.09 bits per heavy atom. The number of esters is 1. The topological polar surface area (TPSA) is 68.5 Å². The molecule has 5 nitrogen and oxygen atoms in total. The zero-order valence-electron chi connectivity index (χ0n) is 12.5. The predicted molar refractivity (Wildman–Crippen MR) is 87.2 cm³/mol. The second-order valence-corrected chi connectivity index (χ2v) is 5.13. The molecule has 1 aromatic heterocycles. The summed E-state index contributed by atoms with van der Waals surface area (Å²) in [5, 5.41) is 3.06. The number of halogens is 1. The van der Waals surface area contributed by atoms with Crippen molar-refractivity contribution in [3.8, 4) is 11.3 Å². The number of hydrogen-bond donors (Lipinski definition) is 1. The molecule has 0 spiro atoms. The summed E-state index contributed by atoms with van der Waals surface area (Å²) < 4.78 is 10.5. The first-order valence-corrected chi connectivity index (χ1v) is 7.35. The van der Waals surface area contributed by atoms with Gasteiger partial charge in [-0.05, 0) is 31.2 Å². The van der Waals surface area contributed by atoms with E-state index in [2.05, 4.69) is 11.9 Å². The van der Waals surface area contributed by atoms with Crippen LogP contribution >= 0.6 is 11.6 Å². The average Bonchev–Trinajstić information content (AvgIpc) is 3.02. The Bertz CT molecular complexity index is 723. The number of carbonyl (C=O) groups excluding carboxylic acids is 2. The third kappa shape index (κ3) is 4.23. The highest BCUT2D eigenvalue weighted by molar-refractivity contribution is 6.33. The standard InChI is InChI=1S/C17H16ClNO4/c1-3-10-19-16(20)11(2)22-17(21)15-9-8-14(23-15)12-6-4-5-7-13(12)18/h3-9,11H,1,10H2,2H3,(H,19,20)/t11-/m0/s1. The van der Waals surface area contributed by atoms with Crippen molar-refractivity contribution in [3.63, 3.8) is 0 Å². The van der Waals surface area contributed by atoms with Gasteiger partial charge in [-0.2, -0.15) is 0 Å². The fourth-order valence-electron chi connectivity index (χ4n) is 1.84. The van der Waals surface area contributed by atoms with Crippen LogP contribution in [-0.2, 0) is 9.53 Å². The zero-order valence-corrected chi connectivity index (χ0v) is 13.3. The molecule has 1 atom stereocenters. The minimum atomic E-state index is -0.934. The van der Waals surface area contributed by atoms with Crippen molar-refractivity contribution in [2.45, 2.75) is 13.0 Å². The molecular formula is C17H16ClNO4. The highest BCUT2D eigenvalue weighted by Gasteiger charge is 2.21. The molecule has 0 bridgehead atoms. The highest BCUT2D eigenvalue weighted by Crippen LogP contribution is 2.29. The summed E-state index contributed by atoms with van der Waals surface area (Å²) in [5.74, 6) is -0.671. The van der Waals surface area contributed by atoms with Gasteiger partial charge in [0.05, 0.1) is 5.02 Å². The minimum Gasteiger partial charge on any atom is -0.449 e. The van der Waals surface area contributed by atoms with E-state index in [1.807, 2.05) is 6.07 Å². The molecule has 2 rings (SSSR count). The Hall–Kier alpha value is -2.53. The van der Waals surface area contributed by atoms with Crippen LogP contribution in [0.3, 0.4) is 0 Å². The number of rotatable bonds is 6. The van der Waals surface area contributed by atoms with Crippen LogP contribution in [0.2, 0.25) is 5.02 Å². The Balaban J connectivity index is 2.05. The van der Waals surface area contributed by atoms with Gasteiger partial charge < -0.3 is 14.5 Å². The van der Waals surface area contributed by atoms with Crippen LogP contribution < -0.4 is 5.32 Å². The maximum absolute atomic E-state index is 12.0. The molecule has 0 saturated carbocycles. The molecule has 1 amide bonds. The normalized spacial score (nSPS) is 11.6. The van der Waals surface area contributed by atoms with Crippen molar-refractivity contribution >= 4 is 23.5 Å². The second-order valence-electron chi connectivity index (χ2n) is 4.73. The van der Waals surface area contributed by atoms with Crippen molar-refractivity contribution in [1.82, 2.24) is 5.32 Å². The summed E-state index contributed by atoms with van der Waals surface area (Å²) in [7, 11) is 0. The Morgan fingerprint density at radius 3 is 2.78 bits per heavy atom. The van der Waals surface area contributed by atoms with Gasteiger partial charge in [0, 0.05) is 12.1 Å². The van der Waals surface area contributed by atoms with E-state index in [0.717, 1.165) is 0 Å². The third-order valence-corrected chi connectivity index (χ3v) is 3.35. The Morgan fingerprint density at radius 1 is 1.35 bits per heavy atom. The monoisotopic (exact) mass is 333 g/mol. The lowest BCUT2D eigenvalue weighted by molar-refractivity contribution is -0.128. The van der Waals surface area contributed by atoms with Gasteiger partial charge in [0.2, 0.25) is 5.76 Å². The van der Waals surface area contributed by atoms with Gasteiger partial charge in [0.15, 0.2) is 6.10 Å². The summed E-state index contributed by atoms with van der Waals surface area (Å²) in [6.45, 7) is 5.27. The van der Waals surface area contributed by atoms with E-state index in [-0.39, 0.29) is 5.76 Å². The fraction of sp³-hybridized carbons (Fsp3) is 0.176. The molecule has 0 fully saturated rings. The van der Waals surface area contributed by atoms with Gasteiger partial charge in [0.1, 0.15) is 5.76 Å². The number of carbonyl (C=O) groups is 2. The van der Waals surface area contributed by atoms with Crippen molar-refractivity contribution in [2.24, 2.45) is 0 Å². The number of hydrogen-bond acceptors (Lipinski definition) is 4. The number of benzene rings is 1. The Labute approximate surface area is 138 Å². The van der Waals surface area contributed by atoms with E-state index in [1.165, 1.54) is 19.1 Å². The smallest absolute Gasteiger partial charge is 0.375 e. The van der Waals surface area contributed by atoms with Crippen LogP contribution in [0, 0.1) is 0 Å². The van der Waals surface area contributed by atoms with Crippen molar-refractivity contribution in [3.05, 3.63) is 59.8 Å². The molecule has 0 unspecified atom stereocenters. The number of furan rings is 1. The van der Waals surface area contributed by atoms with E-state index >= 15 is 0 Å². The quantitative estimate of drug-likeness (QED) is 0.649. The largest absolute Gasteiger partial charge is 0.449 e. The summed E-state index contributed by atoms with van der Waals surface area (Å²) in [4.78, 5) is 23.7. The molecule has 0 aliphatic rings. The first kappa shape index (κ1) is 16.8. The number of amides is 1. The van der Waals surface area contributed by atoms with E-state index < -0.39 is 18.0 Å². The van der Waals surface area contributed by atoms with Gasteiger partial charge in [-0.3, -0.25) is 4.79 Å². The molecule has 23 heavy (non-hydrogen) atoms. The molecule has 120 valence electrons. The van der Waals surface area contributed by atoms with Crippen LogP contribution in [0.5, 0.6) is 0 Å². The van der Waals surface area contributed by atoms with Crippen LogP contribution in [-0.4, -0.2) is 24.5 Å². The van der Waals surface area contributed by atoms with Crippen molar-refractivity contribution in [2.75, 3.05) is 6.54 Å². The van der Waals surface area contributed by atoms with E-state index in [1.54, 1.807) is 24.3 Å². The maximum atomic E-state index is 12.0. The Kier molecular flexibility index (Phi) is 5.60. The SMILES string of the molecule is C=CCNC(=O)[C@H](C)OC(=O)c1ccc(-c2ccccc2Cl)o1. The lowest BCUT2D eigenvalue weighted by Gasteiger charge is -2.11. The highest BCUT2D eigenvalue weighted by atomic mass is 35.5. The van der Waals surface area contributed by atoms with Gasteiger partial charge >= 0.3 is 5.97 Å². The number of nitrogens with one attached hydrogen (secondary N) is 1. The molecule has 2 aromatic rings. The maximum Gasteiger partial charge on any atom is 0.375 e. The molecular weight excluding hydrogens is 318 g/mol. The predicted octanol–water partition coefficient (Wildman–Crippen LogP) is 3.45. The zero-order chi connectivity index (χ0) is 16.8. The minimum absolute atomic E-state index is 0.00305. The molecule has 1 N–H and O–H groups in total. The fourth-order valence-corrected chi connectivity index (χ4v) is 2.07. The first-order valence-electron chi connectivity index (χ1n) is 6.97. The molecule has 0 aliphatic heterocycles. The van der Waals surface area contributed by atoms with E-state index in [0.29, 0.717) is 22.9 Å². The molecule has 1 heterocycles. The van der Waals surface area contributed by atoms with Gasteiger partial charge in [-0.25, -0.2) is 4.79 Å². The number of ether oxygens (including phenoxy) is 1. The first-order chi connectivity index (χ1) is 11.0. The lowest BCUT2D eigenvalue weighted by Crippen LogP contribution is -2.35. The summed E-state index contributed by atoms with van der Waals surface area (Å²) in [6.07, 6.45) is 0.603. The third-order valence-electron chi connectivity index (χ3n) is 3.02. The second kappa shape index (κ2) is 7.65. The van der Waals surface area contributed by atoms with Crippen molar-refractivity contribution in [1.29, 1.82) is 0 Å². The van der Waals surface area contributed by atoms with E-state index in [4.69, 9.17) is 20.8 Å². The van der Waals surface area contributed by atoms with Gasteiger partial charge in [-0.15, -0.1) is 6.58 Å². The molecule has 0 radical (unpaired) electrons. The van der Waals surface area contributed by atoms with Crippen LogP contribution in [0.15, 0.2) is 53.5 Å². The average molecular weight is 334 g/mol. The van der Waals surface area contributed by atoms with Crippen LogP contribution in [0.4, 0.5) is 0 Å². The van der Waals surface area contributed by atoms with Crippen LogP contribution in [0.1, 0.15) is 17.5 Å².